The molecule has 0 unspecified atom stereocenters. The second kappa shape index (κ2) is 17.4. The Balaban J connectivity index is 0.000000217. The molecule has 6 nitrogen and oxygen atoms in total. The molecule has 0 spiro atoms. The van der Waals surface area contributed by atoms with Crippen LogP contribution in [0.1, 0.15) is 33.4 Å². The summed E-state index contributed by atoms with van der Waals surface area (Å²) in [5.74, 6) is 0. The average molecular weight is 655 g/mol. The topological polar surface area (TPSA) is 19.4 Å². The van der Waals surface area contributed by atoms with Crippen molar-refractivity contribution in [3.8, 4) is 0 Å². The molecule has 0 radical (unpaired) electrons. The number of aryl methyl sites for hydroxylation is 6. The minimum atomic E-state index is 1.15. The number of hydrogen-bond donors (Lipinski definition) is 0. The summed E-state index contributed by atoms with van der Waals surface area (Å²) in [5.41, 5.74) is 8.20. The predicted molar refractivity (Wildman–Crippen MR) is 212 cm³/mol. The van der Waals surface area contributed by atoms with E-state index in [9.17, 15) is 0 Å². The number of rotatable bonds is 0. The number of likely N-dealkylation sites (N-methyl/N-ethyl adjacent to an activating group) is 6. The van der Waals surface area contributed by atoms with Crippen LogP contribution < -0.4 is 0 Å². The van der Waals surface area contributed by atoms with Crippen molar-refractivity contribution in [3.63, 3.8) is 0 Å². The summed E-state index contributed by atoms with van der Waals surface area (Å²) in [6.45, 7) is 27.1. The van der Waals surface area contributed by atoms with Gasteiger partial charge in [0.1, 0.15) is 0 Å². The number of hydrogen-bond acceptors (Lipinski definition) is 6. The van der Waals surface area contributed by atoms with Gasteiger partial charge in [-0.1, -0.05) is 36.4 Å². The molecule has 0 N–H and O–H groups in total. The lowest BCUT2D eigenvalue weighted by molar-refractivity contribution is 0.181. The lowest BCUT2D eigenvalue weighted by Crippen LogP contribution is -2.42. The van der Waals surface area contributed by atoms with Gasteiger partial charge in [-0.3, -0.25) is 0 Å². The van der Waals surface area contributed by atoms with Crippen LogP contribution in [-0.4, -0.2) is 150 Å². The van der Waals surface area contributed by atoms with Crippen LogP contribution in [0.3, 0.4) is 0 Å². The first kappa shape index (κ1) is 38.2. The molecule has 0 saturated carbocycles. The largest absolute Gasteiger partial charge is 0.304 e. The van der Waals surface area contributed by atoms with Gasteiger partial charge in [0.25, 0.3) is 0 Å². The van der Waals surface area contributed by atoms with Crippen molar-refractivity contribution < 1.29 is 0 Å². The molecule has 1 aliphatic rings. The molecular weight excluding hydrogens is 589 g/mol. The van der Waals surface area contributed by atoms with Crippen LogP contribution in [0, 0.1) is 41.5 Å². The first-order chi connectivity index (χ1) is 22.7. The molecule has 0 aromatic heterocycles. The van der Waals surface area contributed by atoms with Crippen molar-refractivity contribution in [2.75, 3.05) is 121 Å². The van der Waals surface area contributed by atoms with Crippen LogP contribution in [0.2, 0.25) is 0 Å². The van der Waals surface area contributed by atoms with Crippen molar-refractivity contribution in [2.24, 2.45) is 0 Å². The van der Waals surface area contributed by atoms with Crippen LogP contribution in [-0.2, 0) is 0 Å². The minimum absolute atomic E-state index is 1.15. The normalized spacial score (nSPS) is 19.0. The van der Waals surface area contributed by atoms with Gasteiger partial charge in [-0.05, 0) is 150 Å². The van der Waals surface area contributed by atoms with Gasteiger partial charge in [0, 0.05) is 78.5 Å². The molecule has 1 fully saturated rings. The Morgan fingerprint density at radius 2 is 0.354 bits per heavy atom. The first-order valence-electron chi connectivity index (χ1n) is 18.2. The third-order valence-electron chi connectivity index (χ3n) is 11.0. The molecule has 0 aliphatic carbocycles. The van der Waals surface area contributed by atoms with Crippen LogP contribution in [0.25, 0.3) is 32.3 Å². The molecule has 0 amide bonds. The maximum atomic E-state index is 2.46. The molecule has 0 bridgehead atoms. The van der Waals surface area contributed by atoms with Crippen molar-refractivity contribution >= 4 is 32.3 Å². The van der Waals surface area contributed by atoms with E-state index in [1.807, 2.05) is 0 Å². The smallest absolute Gasteiger partial charge is 0.0107 e. The fourth-order valence-electron chi connectivity index (χ4n) is 6.50. The van der Waals surface area contributed by atoms with E-state index >= 15 is 0 Å². The molecule has 6 heteroatoms. The van der Waals surface area contributed by atoms with Gasteiger partial charge in [-0.15, -0.1) is 0 Å². The molecule has 4 aromatic rings. The Morgan fingerprint density at radius 3 is 0.458 bits per heavy atom. The van der Waals surface area contributed by atoms with Gasteiger partial charge in [-0.2, -0.15) is 0 Å². The standard InChI is InChI=1S/C24H24.C18H42N6/c1-13-7-19-20(8-14(13)2)22-10-16(4)18(6)12-24(22)23-11-17(5)15(3)9-21(19)23;1-19-7-9-20(2)11-13-22(4)15-17-24(6)18-16-23(5)14-12-21(3)10-8-19/h7-12H,1-6H3;7-18H2,1-6H3. The number of nitrogens with zero attached hydrogens (tertiary/aromatic N) is 6. The van der Waals surface area contributed by atoms with Gasteiger partial charge < -0.3 is 29.4 Å². The van der Waals surface area contributed by atoms with E-state index in [0.29, 0.717) is 0 Å². The summed E-state index contributed by atoms with van der Waals surface area (Å²) in [6, 6.07) is 14.2. The molecule has 1 aliphatic heterocycles. The molecule has 264 valence electrons. The number of fused-ring (bicyclic) bond motifs is 6. The van der Waals surface area contributed by atoms with Crippen LogP contribution >= 0.6 is 0 Å². The SMILES string of the molecule is CN1CCN(C)CCN(C)CCN(C)CCN(C)CCN(C)CC1.Cc1cc2c3cc(C)c(C)cc3c3cc(C)c(C)cc3c2cc1C. The first-order valence-corrected chi connectivity index (χ1v) is 18.2. The van der Waals surface area contributed by atoms with E-state index in [-0.39, 0.29) is 0 Å². The lowest BCUT2D eigenvalue weighted by atomic mass is 9.88. The van der Waals surface area contributed by atoms with E-state index in [0.717, 1.165) is 78.5 Å². The van der Waals surface area contributed by atoms with Gasteiger partial charge in [0.2, 0.25) is 0 Å². The Morgan fingerprint density at radius 1 is 0.250 bits per heavy atom. The van der Waals surface area contributed by atoms with E-state index < -0.39 is 0 Å². The molecular formula is C42H66N6. The summed E-state index contributed by atoms with van der Waals surface area (Å²) in [4.78, 5) is 14.7. The fraction of sp³-hybridized carbons (Fsp3) is 0.571. The molecule has 1 saturated heterocycles. The van der Waals surface area contributed by atoms with Gasteiger partial charge >= 0.3 is 0 Å². The second-order valence-corrected chi connectivity index (χ2v) is 15.3. The highest BCUT2D eigenvalue weighted by Crippen LogP contribution is 2.38. The highest BCUT2D eigenvalue weighted by atomic mass is 15.2. The summed E-state index contributed by atoms with van der Waals surface area (Å²) < 4.78 is 0. The van der Waals surface area contributed by atoms with Gasteiger partial charge in [0.15, 0.2) is 0 Å². The molecule has 1 heterocycles. The third-order valence-corrected chi connectivity index (χ3v) is 11.0. The zero-order valence-electron chi connectivity index (χ0n) is 32.6. The minimum Gasteiger partial charge on any atom is -0.304 e. The average Bonchev–Trinajstić information content (AvgIpc) is 3.05. The Labute approximate surface area is 293 Å². The Hall–Kier alpha value is -2.58. The maximum absolute atomic E-state index is 2.46. The molecule has 4 aromatic carbocycles. The van der Waals surface area contributed by atoms with E-state index in [1.54, 1.807) is 0 Å². The van der Waals surface area contributed by atoms with E-state index in [4.69, 9.17) is 0 Å². The summed E-state index contributed by atoms with van der Waals surface area (Å²) >= 11 is 0. The highest BCUT2D eigenvalue weighted by molar-refractivity contribution is 6.26. The van der Waals surface area contributed by atoms with Gasteiger partial charge in [0.05, 0.1) is 0 Å². The Bertz CT molecular complexity index is 1290. The molecule has 0 atom stereocenters. The molecule has 5 rings (SSSR count). The van der Waals surface area contributed by atoms with Gasteiger partial charge in [-0.25, -0.2) is 0 Å². The predicted octanol–water partition coefficient (Wildman–Crippen LogP) is 6.59. The number of benzene rings is 4. The van der Waals surface area contributed by atoms with Crippen LogP contribution in [0.4, 0.5) is 0 Å². The summed E-state index contributed by atoms with van der Waals surface area (Å²) in [6.07, 6.45) is 0. The fourth-order valence-corrected chi connectivity index (χ4v) is 6.50. The van der Waals surface area contributed by atoms with E-state index in [1.165, 1.54) is 65.7 Å². The summed E-state index contributed by atoms with van der Waals surface area (Å²) in [5, 5.41) is 8.29. The second-order valence-electron chi connectivity index (χ2n) is 15.3. The lowest BCUT2D eigenvalue weighted by Gasteiger charge is -2.28. The van der Waals surface area contributed by atoms with Crippen LogP contribution in [0.15, 0.2) is 36.4 Å². The quantitative estimate of drug-likeness (QED) is 0.198. The van der Waals surface area contributed by atoms with Crippen molar-refractivity contribution in [1.29, 1.82) is 0 Å². The monoisotopic (exact) mass is 655 g/mol. The van der Waals surface area contributed by atoms with Crippen molar-refractivity contribution in [2.45, 2.75) is 41.5 Å². The Kier molecular flexibility index (Phi) is 13.8. The zero-order chi connectivity index (χ0) is 35.1. The maximum Gasteiger partial charge on any atom is 0.0107 e. The highest BCUT2D eigenvalue weighted by Gasteiger charge is 2.13. The third kappa shape index (κ3) is 10.2. The van der Waals surface area contributed by atoms with Crippen molar-refractivity contribution in [1.82, 2.24) is 29.4 Å². The summed E-state index contributed by atoms with van der Waals surface area (Å²) in [7, 11) is 13.5. The molecule has 48 heavy (non-hydrogen) atoms. The van der Waals surface area contributed by atoms with E-state index in [2.05, 4.69) is 150 Å². The zero-order valence-corrected chi connectivity index (χ0v) is 32.6. The van der Waals surface area contributed by atoms with Crippen LogP contribution in [0.5, 0.6) is 0 Å². The van der Waals surface area contributed by atoms with Crippen molar-refractivity contribution in [3.05, 3.63) is 69.8 Å².